The summed E-state index contributed by atoms with van der Waals surface area (Å²) in [6.07, 6.45) is 2.58. The van der Waals surface area contributed by atoms with Gasteiger partial charge in [-0.05, 0) is 49.2 Å². The second-order valence-electron chi connectivity index (χ2n) is 7.57. The van der Waals surface area contributed by atoms with Crippen molar-refractivity contribution >= 4 is 21.9 Å². The number of aryl methyl sites for hydroxylation is 3. The minimum absolute atomic E-state index is 0.0391. The maximum atomic E-state index is 12.8. The molecular weight excluding hydrogens is 458 g/mol. The van der Waals surface area contributed by atoms with Crippen LogP contribution in [-0.2, 0) is 17.1 Å². The fourth-order valence-electron chi connectivity index (χ4n) is 3.37. The van der Waals surface area contributed by atoms with Crippen molar-refractivity contribution in [3.05, 3.63) is 77.6 Å². The molecule has 0 saturated carbocycles. The largest absolute Gasteiger partial charge is 0.478 e. The predicted molar refractivity (Wildman–Crippen MR) is 124 cm³/mol. The number of carboxylic acid groups (broad SMARTS) is 1. The zero-order valence-corrected chi connectivity index (χ0v) is 19.4. The molecule has 0 aliphatic rings. The van der Waals surface area contributed by atoms with E-state index in [2.05, 4.69) is 19.8 Å². The van der Waals surface area contributed by atoms with E-state index >= 15 is 0 Å². The van der Waals surface area contributed by atoms with E-state index in [1.807, 2.05) is 32.0 Å². The Kier molecular flexibility index (Phi) is 6.03. The minimum atomic E-state index is -4.00. The molecule has 0 aliphatic heterocycles. The summed E-state index contributed by atoms with van der Waals surface area (Å²) >= 11 is 0. The normalized spacial score (nSPS) is 11.3. The van der Waals surface area contributed by atoms with Crippen LogP contribution in [0.25, 0.3) is 11.3 Å². The minimum Gasteiger partial charge on any atom is -0.478 e. The molecule has 34 heavy (non-hydrogen) atoms. The first-order valence-electron chi connectivity index (χ1n) is 10.1. The van der Waals surface area contributed by atoms with Crippen molar-refractivity contribution in [3.63, 3.8) is 0 Å². The van der Waals surface area contributed by atoms with Gasteiger partial charge in [-0.3, -0.25) is 4.68 Å². The molecule has 0 radical (unpaired) electrons. The van der Waals surface area contributed by atoms with Gasteiger partial charge in [-0.25, -0.2) is 22.9 Å². The smallest absolute Gasteiger partial charge is 0.335 e. The molecule has 0 bridgehead atoms. The first kappa shape index (κ1) is 22.9. The number of benzene rings is 2. The summed E-state index contributed by atoms with van der Waals surface area (Å²) < 4.78 is 35.2. The van der Waals surface area contributed by atoms with E-state index in [9.17, 15) is 13.2 Å². The lowest BCUT2D eigenvalue weighted by atomic mass is 10.00. The topological polar surface area (TPSA) is 136 Å². The number of nitrogens with zero attached hydrogens (tertiary/aromatic N) is 4. The number of carboxylic acids is 1. The van der Waals surface area contributed by atoms with E-state index in [1.54, 1.807) is 13.1 Å². The number of ether oxygens (including phenoxy) is 1. The summed E-state index contributed by atoms with van der Waals surface area (Å²) in [7, 11) is -2.39. The highest BCUT2D eigenvalue weighted by Crippen LogP contribution is 2.31. The summed E-state index contributed by atoms with van der Waals surface area (Å²) in [6, 6.07) is 13.2. The van der Waals surface area contributed by atoms with Crippen LogP contribution in [-0.4, -0.2) is 39.2 Å². The SMILES string of the molecule is Cc1cccc(C)c1-c1cc(Oc2ccc(C(=O)O)cc2)nc(NS(=O)(=O)c2cnn(C)c2)n1. The average Bonchev–Trinajstić information content (AvgIpc) is 3.21. The molecule has 4 rings (SSSR count). The van der Waals surface area contributed by atoms with Crippen LogP contribution >= 0.6 is 0 Å². The Morgan fingerprint density at radius 2 is 1.74 bits per heavy atom. The van der Waals surface area contributed by atoms with Crippen molar-refractivity contribution in [1.29, 1.82) is 0 Å². The second kappa shape index (κ2) is 8.94. The van der Waals surface area contributed by atoms with Gasteiger partial charge in [0, 0.05) is 24.9 Å². The van der Waals surface area contributed by atoms with E-state index in [1.165, 1.54) is 41.3 Å². The Morgan fingerprint density at radius 3 is 2.32 bits per heavy atom. The Balaban J connectivity index is 1.77. The molecule has 2 N–H and O–H groups in total. The molecule has 0 atom stereocenters. The third-order valence-electron chi connectivity index (χ3n) is 4.98. The van der Waals surface area contributed by atoms with Gasteiger partial charge in [0.2, 0.25) is 11.8 Å². The number of sulfonamides is 1. The van der Waals surface area contributed by atoms with Gasteiger partial charge in [0.05, 0.1) is 17.5 Å². The van der Waals surface area contributed by atoms with Gasteiger partial charge in [0.25, 0.3) is 10.0 Å². The van der Waals surface area contributed by atoms with Gasteiger partial charge in [-0.2, -0.15) is 10.1 Å². The van der Waals surface area contributed by atoms with Crippen molar-refractivity contribution in [2.45, 2.75) is 18.7 Å². The zero-order valence-electron chi connectivity index (χ0n) is 18.6. The Labute approximate surface area is 195 Å². The van der Waals surface area contributed by atoms with Crippen LogP contribution in [0.2, 0.25) is 0 Å². The van der Waals surface area contributed by atoms with E-state index < -0.39 is 16.0 Å². The fraction of sp³-hybridized carbons (Fsp3) is 0.130. The number of carbonyl (C=O) groups is 1. The van der Waals surface area contributed by atoms with Crippen LogP contribution in [0.15, 0.2) is 65.8 Å². The van der Waals surface area contributed by atoms with E-state index in [-0.39, 0.29) is 22.3 Å². The van der Waals surface area contributed by atoms with Crippen LogP contribution in [0, 0.1) is 13.8 Å². The summed E-state index contributed by atoms with van der Waals surface area (Å²) in [6.45, 7) is 3.85. The monoisotopic (exact) mass is 479 g/mol. The molecule has 0 aliphatic carbocycles. The molecule has 0 unspecified atom stereocenters. The lowest BCUT2D eigenvalue weighted by Gasteiger charge is -2.13. The molecule has 10 nitrogen and oxygen atoms in total. The standard InChI is InChI=1S/C23H21N5O5S/c1-14-5-4-6-15(2)21(14)19-11-20(33-17-9-7-16(8-10-17)22(29)30)26-23(25-19)27-34(31,32)18-12-24-28(3)13-18/h4-13H,1-3H3,(H,29,30)(H,25,26,27). The molecule has 11 heteroatoms. The molecule has 0 spiro atoms. The molecule has 2 aromatic carbocycles. The number of nitrogens with one attached hydrogen (secondary N) is 1. The van der Waals surface area contributed by atoms with Gasteiger partial charge < -0.3 is 9.84 Å². The summed E-state index contributed by atoms with van der Waals surface area (Å²) in [5, 5.41) is 13.0. The molecule has 174 valence electrons. The number of hydrogen-bond acceptors (Lipinski definition) is 7. The van der Waals surface area contributed by atoms with Crippen LogP contribution in [0.5, 0.6) is 11.6 Å². The first-order valence-corrected chi connectivity index (χ1v) is 11.6. The Bertz CT molecular complexity index is 1460. The van der Waals surface area contributed by atoms with Gasteiger partial charge >= 0.3 is 5.97 Å². The highest BCUT2D eigenvalue weighted by atomic mass is 32.2. The number of hydrogen-bond donors (Lipinski definition) is 2. The third-order valence-corrected chi connectivity index (χ3v) is 6.26. The van der Waals surface area contributed by atoms with Gasteiger partial charge in [0.15, 0.2) is 0 Å². The quantitative estimate of drug-likeness (QED) is 0.409. The number of aromatic nitrogens is 4. The lowest BCUT2D eigenvalue weighted by Crippen LogP contribution is -2.15. The van der Waals surface area contributed by atoms with Crippen molar-refractivity contribution in [1.82, 2.24) is 19.7 Å². The van der Waals surface area contributed by atoms with E-state index in [4.69, 9.17) is 9.84 Å². The van der Waals surface area contributed by atoms with E-state index in [0.29, 0.717) is 11.4 Å². The van der Waals surface area contributed by atoms with Crippen molar-refractivity contribution in [2.24, 2.45) is 7.05 Å². The van der Waals surface area contributed by atoms with Crippen LogP contribution in [0.1, 0.15) is 21.5 Å². The van der Waals surface area contributed by atoms with Crippen molar-refractivity contribution in [3.8, 4) is 22.9 Å². The van der Waals surface area contributed by atoms with Crippen molar-refractivity contribution < 1.29 is 23.1 Å². The third kappa shape index (κ3) is 4.89. The molecule has 4 aromatic rings. The fourth-order valence-corrected chi connectivity index (χ4v) is 4.30. The molecular formula is C23H21N5O5S. The Morgan fingerprint density at radius 1 is 1.06 bits per heavy atom. The molecule has 2 heterocycles. The lowest BCUT2D eigenvalue weighted by molar-refractivity contribution is 0.0697. The molecule has 0 fully saturated rings. The second-order valence-corrected chi connectivity index (χ2v) is 9.25. The summed E-state index contributed by atoms with van der Waals surface area (Å²) in [5.41, 5.74) is 3.27. The highest BCUT2D eigenvalue weighted by molar-refractivity contribution is 7.92. The van der Waals surface area contributed by atoms with Crippen LogP contribution < -0.4 is 9.46 Å². The summed E-state index contributed by atoms with van der Waals surface area (Å²) in [5.74, 6) is -0.823. The molecule has 0 amide bonds. The maximum Gasteiger partial charge on any atom is 0.335 e. The van der Waals surface area contributed by atoms with Crippen LogP contribution in [0.4, 0.5) is 5.95 Å². The van der Waals surface area contributed by atoms with E-state index in [0.717, 1.165) is 16.7 Å². The van der Waals surface area contributed by atoms with Gasteiger partial charge in [-0.15, -0.1) is 0 Å². The highest BCUT2D eigenvalue weighted by Gasteiger charge is 2.20. The number of anilines is 1. The first-order chi connectivity index (χ1) is 16.1. The maximum absolute atomic E-state index is 12.8. The molecule has 0 saturated heterocycles. The Hall–Kier alpha value is -4.25. The average molecular weight is 480 g/mol. The zero-order chi connectivity index (χ0) is 24.5. The van der Waals surface area contributed by atoms with Crippen LogP contribution in [0.3, 0.4) is 0 Å². The number of aromatic carboxylic acids is 1. The molecule has 2 aromatic heterocycles. The number of rotatable bonds is 7. The predicted octanol–water partition coefficient (Wildman–Crippen LogP) is 3.79. The van der Waals surface area contributed by atoms with Gasteiger partial charge in [0.1, 0.15) is 10.6 Å². The van der Waals surface area contributed by atoms with Crippen molar-refractivity contribution in [2.75, 3.05) is 4.72 Å². The summed E-state index contributed by atoms with van der Waals surface area (Å²) in [4.78, 5) is 19.7. The van der Waals surface area contributed by atoms with Gasteiger partial charge in [-0.1, -0.05) is 18.2 Å².